The Morgan fingerprint density at radius 2 is 1.47 bits per heavy atom. The second-order valence-corrected chi connectivity index (χ2v) is 15.5. The molecule has 5 fully saturated rings. The van der Waals surface area contributed by atoms with Crippen LogP contribution in [0.4, 0.5) is 0 Å². The van der Waals surface area contributed by atoms with Gasteiger partial charge in [-0.15, -0.1) is 0 Å². The highest BCUT2D eigenvalue weighted by Crippen LogP contribution is 2.89. The van der Waals surface area contributed by atoms with E-state index in [0.29, 0.717) is 39.9 Å². The van der Waals surface area contributed by atoms with E-state index in [9.17, 15) is 15.3 Å². The van der Waals surface area contributed by atoms with Crippen LogP contribution >= 0.6 is 0 Å². The predicted octanol–water partition coefficient (Wildman–Crippen LogP) is 6.58. The first-order valence-corrected chi connectivity index (χ1v) is 14.8. The molecule has 0 aromatic carbocycles. The van der Waals surface area contributed by atoms with E-state index in [1.807, 2.05) is 13.8 Å². The highest BCUT2D eigenvalue weighted by Gasteiger charge is 2.82. The fourth-order valence-electron chi connectivity index (χ4n) is 11.5. The molecule has 3 heteroatoms. The van der Waals surface area contributed by atoms with Gasteiger partial charge in [-0.1, -0.05) is 48.5 Å². The molecule has 0 saturated heterocycles. The number of rotatable bonds is 6. The van der Waals surface area contributed by atoms with Crippen LogP contribution in [-0.4, -0.2) is 33.6 Å². The lowest BCUT2D eigenvalue weighted by Gasteiger charge is -2.63. The second kappa shape index (κ2) is 7.70. The maximum Gasteiger partial charge on any atom is 0.0900 e. The van der Waals surface area contributed by atoms with Crippen molar-refractivity contribution >= 4 is 0 Å². The molecule has 0 aromatic heterocycles. The van der Waals surface area contributed by atoms with Crippen LogP contribution in [0.5, 0.6) is 0 Å². The van der Waals surface area contributed by atoms with Crippen molar-refractivity contribution in [3.05, 3.63) is 0 Å². The number of fused-ring (bicyclic) bond motifs is 2. The van der Waals surface area contributed by atoms with E-state index in [1.165, 1.54) is 51.4 Å². The average molecular weight is 475 g/mol. The van der Waals surface area contributed by atoms with Gasteiger partial charge in [-0.2, -0.15) is 0 Å². The number of hydrogen-bond donors (Lipinski definition) is 3. The molecule has 0 bridgehead atoms. The largest absolute Gasteiger partial charge is 0.393 e. The fraction of sp³-hybridized carbons (Fsp3) is 1.00. The van der Waals surface area contributed by atoms with Gasteiger partial charge in [0.25, 0.3) is 0 Å². The van der Waals surface area contributed by atoms with Gasteiger partial charge in [0.2, 0.25) is 0 Å². The first-order chi connectivity index (χ1) is 15.7. The number of aliphatic hydroxyl groups excluding tert-OH is 2. The minimum atomic E-state index is -0.940. The van der Waals surface area contributed by atoms with Crippen molar-refractivity contribution in [2.75, 3.05) is 6.61 Å². The van der Waals surface area contributed by atoms with Crippen molar-refractivity contribution in [3.63, 3.8) is 0 Å². The van der Waals surface area contributed by atoms with Gasteiger partial charge in [-0.05, 0) is 127 Å². The summed E-state index contributed by atoms with van der Waals surface area (Å²) < 4.78 is 0. The van der Waals surface area contributed by atoms with Gasteiger partial charge in [-0.3, -0.25) is 0 Å². The molecule has 0 radical (unpaired) electrons. The van der Waals surface area contributed by atoms with Crippen LogP contribution in [0.1, 0.15) is 119 Å². The molecule has 5 saturated carbocycles. The van der Waals surface area contributed by atoms with Crippen LogP contribution < -0.4 is 0 Å². The Kier molecular flexibility index (Phi) is 5.78. The Morgan fingerprint density at radius 1 is 0.824 bits per heavy atom. The zero-order valence-corrected chi connectivity index (χ0v) is 23.3. The molecule has 2 spiro atoms. The molecular weight excluding hydrogens is 420 g/mol. The molecule has 5 aliphatic carbocycles. The molecule has 0 heterocycles. The first-order valence-electron chi connectivity index (χ1n) is 14.8. The van der Waals surface area contributed by atoms with Gasteiger partial charge < -0.3 is 15.3 Å². The van der Waals surface area contributed by atoms with E-state index in [1.54, 1.807) is 0 Å². The fourth-order valence-corrected chi connectivity index (χ4v) is 11.5. The minimum absolute atomic E-state index is 0.0705. The maximum absolute atomic E-state index is 10.9. The molecule has 5 aliphatic rings. The Labute approximate surface area is 209 Å². The summed E-state index contributed by atoms with van der Waals surface area (Å²) in [5.41, 5.74) is 1.00. The summed E-state index contributed by atoms with van der Waals surface area (Å²) in [4.78, 5) is 0. The molecule has 3 nitrogen and oxygen atoms in total. The number of hydrogen-bond acceptors (Lipinski definition) is 3. The zero-order valence-electron chi connectivity index (χ0n) is 23.3. The van der Waals surface area contributed by atoms with Crippen LogP contribution in [0.2, 0.25) is 0 Å². The lowest BCUT2D eigenvalue weighted by atomic mass is 9.41. The van der Waals surface area contributed by atoms with Crippen LogP contribution in [0.15, 0.2) is 0 Å². The third kappa shape index (κ3) is 2.99. The Balaban J connectivity index is 1.37. The Bertz CT molecular complexity index is 806. The molecule has 34 heavy (non-hydrogen) atoms. The summed E-state index contributed by atoms with van der Waals surface area (Å²) in [7, 11) is 0. The molecule has 0 amide bonds. The van der Waals surface area contributed by atoms with Crippen LogP contribution in [0.25, 0.3) is 0 Å². The topological polar surface area (TPSA) is 60.7 Å². The number of aliphatic hydroxyl groups is 3. The van der Waals surface area contributed by atoms with Crippen molar-refractivity contribution in [2.45, 2.75) is 131 Å². The summed E-state index contributed by atoms with van der Waals surface area (Å²) in [5, 5.41) is 31.7. The predicted molar refractivity (Wildman–Crippen MR) is 138 cm³/mol. The van der Waals surface area contributed by atoms with E-state index < -0.39 is 5.60 Å². The third-order valence-electron chi connectivity index (χ3n) is 14.2. The van der Waals surface area contributed by atoms with Crippen molar-refractivity contribution in [1.82, 2.24) is 0 Å². The third-order valence-corrected chi connectivity index (χ3v) is 14.2. The second-order valence-electron chi connectivity index (χ2n) is 15.5. The summed E-state index contributed by atoms with van der Waals surface area (Å²) in [6.07, 6.45) is 13.5. The molecule has 0 aromatic rings. The van der Waals surface area contributed by atoms with E-state index in [4.69, 9.17) is 0 Å². The van der Waals surface area contributed by atoms with Gasteiger partial charge >= 0.3 is 0 Å². The Morgan fingerprint density at radius 3 is 2.12 bits per heavy atom. The van der Waals surface area contributed by atoms with Gasteiger partial charge in [0, 0.05) is 0 Å². The van der Waals surface area contributed by atoms with Gasteiger partial charge in [-0.25, -0.2) is 0 Å². The first kappa shape index (κ1) is 25.5. The standard InChI is InChI=1S/C31H54O3/c1-20(2)31(34,19-32)15-10-21(3)22-11-13-28(7)24-9-8-23-26(4,5)25(33)12-14-29(23)18-30(24,29)17-16-27(22,28)6/h20-25,32-34H,8-19H2,1-7H3. The molecule has 10 atom stereocenters. The average Bonchev–Trinajstić information content (AvgIpc) is 3.37. The summed E-state index contributed by atoms with van der Waals surface area (Å²) in [6, 6.07) is 0. The van der Waals surface area contributed by atoms with E-state index in [-0.39, 0.29) is 24.0 Å². The van der Waals surface area contributed by atoms with Crippen LogP contribution in [0.3, 0.4) is 0 Å². The van der Waals surface area contributed by atoms with Crippen molar-refractivity contribution in [3.8, 4) is 0 Å². The van der Waals surface area contributed by atoms with Gasteiger partial charge in [0.15, 0.2) is 0 Å². The smallest absolute Gasteiger partial charge is 0.0900 e. The summed E-state index contributed by atoms with van der Waals surface area (Å²) in [5.74, 6) is 2.95. The summed E-state index contributed by atoms with van der Waals surface area (Å²) in [6.45, 7) is 16.4. The zero-order chi connectivity index (χ0) is 24.9. The van der Waals surface area contributed by atoms with Gasteiger partial charge in [0.05, 0.1) is 18.3 Å². The van der Waals surface area contributed by atoms with Crippen LogP contribution in [0, 0.1) is 56.7 Å². The quantitative estimate of drug-likeness (QED) is 0.407. The van der Waals surface area contributed by atoms with E-state index >= 15 is 0 Å². The molecule has 10 unspecified atom stereocenters. The monoisotopic (exact) mass is 474 g/mol. The molecule has 0 aliphatic heterocycles. The highest BCUT2D eigenvalue weighted by molar-refractivity contribution is 5.30. The van der Waals surface area contributed by atoms with Crippen molar-refractivity contribution in [1.29, 1.82) is 0 Å². The van der Waals surface area contributed by atoms with Crippen LogP contribution in [-0.2, 0) is 0 Å². The SMILES string of the molecule is CC(CCC(O)(CO)C(C)C)C1CCC2(C)C3CCC4C(C)(C)C(O)CCC45CC35CCC12C. The molecule has 196 valence electrons. The lowest BCUT2D eigenvalue weighted by Crippen LogP contribution is -2.57. The Hall–Kier alpha value is -0.120. The maximum atomic E-state index is 10.9. The molecular formula is C31H54O3. The highest BCUT2D eigenvalue weighted by atomic mass is 16.3. The normalized spacial score (nSPS) is 51.6. The van der Waals surface area contributed by atoms with E-state index in [2.05, 4.69) is 34.6 Å². The summed E-state index contributed by atoms with van der Waals surface area (Å²) >= 11 is 0. The lowest BCUT2D eigenvalue weighted by molar-refractivity contribution is -0.162. The minimum Gasteiger partial charge on any atom is -0.393 e. The van der Waals surface area contributed by atoms with Crippen molar-refractivity contribution in [2.24, 2.45) is 56.7 Å². The van der Waals surface area contributed by atoms with E-state index in [0.717, 1.165) is 24.7 Å². The van der Waals surface area contributed by atoms with Crippen molar-refractivity contribution < 1.29 is 15.3 Å². The molecule has 3 N–H and O–H groups in total. The van der Waals surface area contributed by atoms with Gasteiger partial charge in [0.1, 0.15) is 0 Å². The molecule has 5 rings (SSSR count).